The van der Waals surface area contributed by atoms with Gasteiger partial charge in [-0.05, 0) is 56.2 Å². The van der Waals surface area contributed by atoms with Gasteiger partial charge in [0.2, 0.25) is 5.91 Å². The van der Waals surface area contributed by atoms with Gasteiger partial charge < -0.3 is 19.3 Å². The molecule has 10 heteroatoms. The maximum Gasteiger partial charge on any atom is 0.359 e. The molecule has 1 fully saturated rings. The molecule has 5 rings (SSSR count). The topological polar surface area (TPSA) is 94.0 Å². The van der Waals surface area contributed by atoms with E-state index in [-0.39, 0.29) is 41.2 Å². The van der Waals surface area contributed by atoms with Gasteiger partial charge in [0.05, 0.1) is 19.4 Å². The van der Waals surface area contributed by atoms with Crippen LogP contribution in [0.1, 0.15) is 46.3 Å². The lowest BCUT2D eigenvalue weighted by atomic mass is 10.0. The van der Waals surface area contributed by atoms with E-state index < -0.39 is 11.8 Å². The fourth-order valence-corrected chi connectivity index (χ4v) is 4.68. The van der Waals surface area contributed by atoms with Gasteiger partial charge in [0.25, 0.3) is 5.91 Å². The van der Waals surface area contributed by atoms with Crippen LogP contribution in [0.25, 0.3) is 5.69 Å². The number of esters is 1. The van der Waals surface area contributed by atoms with Crippen LogP contribution >= 0.6 is 0 Å². The first-order chi connectivity index (χ1) is 17.4. The SMILES string of the molecule is CCOC(=O)c1nn(-c2ccc(OC)c(F)c2)c2c1CCN(c1ccc(N3CCCC3=O)cc1)C2=O. The van der Waals surface area contributed by atoms with Gasteiger partial charge in [-0.15, -0.1) is 0 Å². The molecule has 9 nitrogen and oxygen atoms in total. The van der Waals surface area contributed by atoms with Crippen molar-refractivity contribution in [3.8, 4) is 11.4 Å². The number of amides is 2. The van der Waals surface area contributed by atoms with Gasteiger partial charge in [-0.2, -0.15) is 5.10 Å². The zero-order chi connectivity index (χ0) is 25.4. The molecule has 0 aliphatic carbocycles. The monoisotopic (exact) mass is 492 g/mol. The number of rotatable bonds is 6. The number of carbonyl (C=O) groups is 3. The number of hydrogen-bond donors (Lipinski definition) is 0. The molecule has 2 aromatic carbocycles. The van der Waals surface area contributed by atoms with E-state index in [1.165, 1.54) is 23.9 Å². The largest absolute Gasteiger partial charge is 0.494 e. The molecule has 1 aromatic heterocycles. The number of anilines is 2. The number of ether oxygens (including phenoxy) is 2. The second kappa shape index (κ2) is 9.44. The fourth-order valence-electron chi connectivity index (χ4n) is 4.68. The Labute approximate surface area is 207 Å². The number of carbonyl (C=O) groups excluding carboxylic acids is 3. The van der Waals surface area contributed by atoms with Crippen molar-refractivity contribution in [1.29, 1.82) is 0 Å². The van der Waals surface area contributed by atoms with E-state index in [9.17, 15) is 18.8 Å². The van der Waals surface area contributed by atoms with Crippen molar-refractivity contribution in [1.82, 2.24) is 9.78 Å². The Bertz CT molecular complexity index is 1350. The van der Waals surface area contributed by atoms with Crippen LogP contribution in [-0.2, 0) is 16.0 Å². The molecule has 2 aliphatic heterocycles. The first-order valence-corrected chi connectivity index (χ1v) is 11.8. The average Bonchev–Trinajstić information content (AvgIpc) is 3.49. The summed E-state index contributed by atoms with van der Waals surface area (Å²) in [5.74, 6) is -1.49. The van der Waals surface area contributed by atoms with Gasteiger partial charge in [-0.3, -0.25) is 9.59 Å². The lowest BCUT2D eigenvalue weighted by Gasteiger charge is -2.28. The third-order valence-electron chi connectivity index (χ3n) is 6.41. The Morgan fingerprint density at radius 1 is 1.00 bits per heavy atom. The van der Waals surface area contributed by atoms with Crippen LogP contribution < -0.4 is 14.5 Å². The number of hydrogen-bond acceptors (Lipinski definition) is 6. The van der Waals surface area contributed by atoms with Crippen molar-refractivity contribution in [2.75, 3.05) is 36.6 Å². The second-order valence-corrected chi connectivity index (χ2v) is 8.50. The molecule has 0 saturated carbocycles. The van der Waals surface area contributed by atoms with Gasteiger partial charge in [-0.25, -0.2) is 13.9 Å². The van der Waals surface area contributed by atoms with Crippen LogP contribution in [-0.4, -0.2) is 54.4 Å². The molecule has 0 atom stereocenters. The highest BCUT2D eigenvalue weighted by molar-refractivity contribution is 6.09. The molecule has 2 aliphatic rings. The van der Waals surface area contributed by atoms with Crippen LogP contribution in [0, 0.1) is 5.82 Å². The van der Waals surface area contributed by atoms with Gasteiger partial charge in [-0.1, -0.05) is 0 Å². The lowest BCUT2D eigenvalue weighted by molar-refractivity contribution is -0.117. The molecule has 186 valence electrons. The average molecular weight is 493 g/mol. The number of nitrogens with zero attached hydrogens (tertiary/aromatic N) is 4. The summed E-state index contributed by atoms with van der Waals surface area (Å²) in [4.78, 5) is 41.8. The summed E-state index contributed by atoms with van der Waals surface area (Å²) < 4.78 is 25.9. The maximum absolute atomic E-state index is 14.5. The Balaban J connectivity index is 1.53. The van der Waals surface area contributed by atoms with Gasteiger partial charge in [0, 0.05) is 42.5 Å². The summed E-state index contributed by atoms with van der Waals surface area (Å²) in [6.45, 7) is 2.84. The van der Waals surface area contributed by atoms with Crippen molar-refractivity contribution in [3.05, 3.63) is 65.2 Å². The van der Waals surface area contributed by atoms with E-state index in [0.29, 0.717) is 37.2 Å². The van der Waals surface area contributed by atoms with Crippen molar-refractivity contribution >= 4 is 29.2 Å². The molecule has 0 spiro atoms. The van der Waals surface area contributed by atoms with Crippen LogP contribution in [0.3, 0.4) is 0 Å². The molecule has 36 heavy (non-hydrogen) atoms. The molecule has 3 aromatic rings. The fraction of sp³-hybridized carbons (Fsp3) is 0.308. The van der Waals surface area contributed by atoms with E-state index in [1.807, 2.05) is 12.1 Å². The van der Waals surface area contributed by atoms with Gasteiger partial charge in [0.1, 0.15) is 5.69 Å². The predicted molar refractivity (Wildman–Crippen MR) is 129 cm³/mol. The summed E-state index contributed by atoms with van der Waals surface area (Å²) in [7, 11) is 1.36. The van der Waals surface area contributed by atoms with Crippen molar-refractivity contribution in [2.45, 2.75) is 26.2 Å². The van der Waals surface area contributed by atoms with E-state index in [0.717, 1.165) is 12.1 Å². The minimum absolute atomic E-state index is 0.0407. The third-order valence-corrected chi connectivity index (χ3v) is 6.41. The number of benzene rings is 2. The number of aromatic nitrogens is 2. The molecule has 3 heterocycles. The van der Waals surface area contributed by atoms with Crippen molar-refractivity contribution in [2.24, 2.45) is 0 Å². The van der Waals surface area contributed by atoms with Crippen LogP contribution in [0.2, 0.25) is 0 Å². The molecule has 0 bridgehead atoms. The minimum atomic E-state index is -0.637. The van der Waals surface area contributed by atoms with Crippen LogP contribution in [0.5, 0.6) is 5.75 Å². The van der Waals surface area contributed by atoms with E-state index in [4.69, 9.17) is 9.47 Å². The molecule has 0 N–H and O–H groups in total. The smallest absolute Gasteiger partial charge is 0.359 e. The Morgan fingerprint density at radius 3 is 2.31 bits per heavy atom. The molecule has 0 radical (unpaired) electrons. The molecule has 2 amide bonds. The normalized spacial score (nSPS) is 15.3. The standard InChI is InChI=1S/C26H25FN4O5/c1-3-36-26(34)23-19-12-14-30(17-8-6-16(7-9-17)29-13-4-5-22(29)32)25(33)24(19)31(28-23)18-10-11-21(35-2)20(27)15-18/h6-11,15H,3-5,12-14H2,1-2H3. The molecule has 0 unspecified atom stereocenters. The van der Waals surface area contributed by atoms with E-state index in [1.54, 1.807) is 34.9 Å². The van der Waals surface area contributed by atoms with Crippen molar-refractivity contribution < 1.29 is 28.2 Å². The number of fused-ring (bicyclic) bond motifs is 1. The lowest BCUT2D eigenvalue weighted by Crippen LogP contribution is -2.39. The highest BCUT2D eigenvalue weighted by Gasteiger charge is 2.36. The minimum Gasteiger partial charge on any atom is -0.494 e. The summed E-state index contributed by atoms with van der Waals surface area (Å²) >= 11 is 0. The van der Waals surface area contributed by atoms with Crippen LogP contribution in [0.4, 0.5) is 15.8 Å². The molecular formula is C26H25FN4O5. The Morgan fingerprint density at radius 2 is 1.69 bits per heavy atom. The van der Waals surface area contributed by atoms with Gasteiger partial charge in [0.15, 0.2) is 17.3 Å². The molecule has 1 saturated heterocycles. The maximum atomic E-state index is 14.5. The first kappa shape index (κ1) is 23.5. The number of halogens is 1. The van der Waals surface area contributed by atoms with Crippen molar-refractivity contribution in [3.63, 3.8) is 0 Å². The Kier molecular flexibility index (Phi) is 6.17. The second-order valence-electron chi connectivity index (χ2n) is 8.50. The molecular weight excluding hydrogens is 467 g/mol. The number of methoxy groups -OCH3 is 1. The summed E-state index contributed by atoms with van der Waals surface area (Å²) in [5, 5.41) is 4.37. The quantitative estimate of drug-likeness (QED) is 0.489. The zero-order valence-electron chi connectivity index (χ0n) is 20.0. The summed E-state index contributed by atoms with van der Waals surface area (Å²) in [5.41, 5.74) is 2.39. The Hall–Kier alpha value is -4.21. The highest BCUT2D eigenvalue weighted by Crippen LogP contribution is 2.32. The van der Waals surface area contributed by atoms with E-state index in [2.05, 4.69) is 5.10 Å². The first-order valence-electron chi connectivity index (χ1n) is 11.8. The summed E-state index contributed by atoms with van der Waals surface area (Å²) in [6.07, 6.45) is 1.72. The highest BCUT2D eigenvalue weighted by atomic mass is 19.1. The van der Waals surface area contributed by atoms with E-state index >= 15 is 0 Å². The third kappa shape index (κ3) is 3.98. The predicted octanol–water partition coefficient (Wildman–Crippen LogP) is 3.53. The van der Waals surface area contributed by atoms with Crippen LogP contribution in [0.15, 0.2) is 42.5 Å². The summed E-state index contributed by atoms with van der Waals surface area (Å²) in [6, 6.07) is 11.4. The van der Waals surface area contributed by atoms with Gasteiger partial charge >= 0.3 is 5.97 Å². The zero-order valence-corrected chi connectivity index (χ0v) is 20.0.